The van der Waals surface area contributed by atoms with Crippen LogP contribution in [-0.2, 0) is 11.3 Å². The van der Waals surface area contributed by atoms with Crippen molar-refractivity contribution in [2.75, 3.05) is 11.4 Å². The van der Waals surface area contributed by atoms with Gasteiger partial charge in [-0.05, 0) is 56.5 Å². The molecule has 2 heterocycles. The highest BCUT2D eigenvalue weighted by atomic mass is 32.1. The molecule has 0 N–H and O–H groups in total. The summed E-state index contributed by atoms with van der Waals surface area (Å²) in [6, 6.07) is 15.7. The van der Waals surface area contributed by atoms with Gasteiger partial charge >= 0.3 is 0 Å². The zero-order chi connectivity index (χ0) is 22.1. The van der Waals surface area contributed by atoms with Gasteiger partial charge in [-0.3, -0.25) is 14.2 Å². The maximum absolute atomic E-state index is 13.4. The van der Waals surface area contributed by atoms with Crippen LogP contribution in [0.3, 0.4) is 0 Å². The van der Waals surface area contributed by atoms with E-state index < -0.39 is 0 Å². The Balaban J connectivity index is 1.77. The number of hydrogen-bond donors (Lipinski definition) is 0. The molecule has 0 aliphatic carbocycles. The SMILES string of the molecule is CCN(C(=O)Cn1cnc2sc(C)c(-c3ccc(C)c(C)c3)c2c1=O)c1ccccc1. The number of aromatic nitrogens is 2. The Kier molecular flexibility index (Phi) is 5.74. The third-order valence-electron chi connectivity index (χ3n) is 5.64. The fraction of sp³-hybridized carbons (Fsp3) is 0.240. The fourth-order valence-corrected chi connectivity index (χ4v) is 4.84. The molecule has 0 fully saturated rings. The van der Waals surface area contributed by atoms with Crippen molar-refractivity contribution in [2.45, 2.75) is 34.2 Å². The molecule has 0 bridgehead atoms. The molecule has 0 aliphatic rings. The lowest BCUT2D eigenvalue weighted by Crippen LogP contribution is -2.36. The summed E-state index contributed by atoms with van der Waals surface area (Å²) in [5.74, 6) is -0.142. The third kappa shape index (κ3) is 3.91. The summed E-state index contributed by atoms with van der Waals surface area (Å²) in [5.41, 5.74) is 4.95. The highest BCUT2D eigenvalue weighted by Gasteiger charge is 2.20. The number of fused-ring (bicyclic) bond motifs is 1. The Morgan fingerprint density at radius 1 is 1.06 bits per heavy atom. The molecule has 2 aromatic heterocycles. The third-order valence-corrected chi connectivity index (χ3v) is 6.65. The fourth-order valence-electron chi connectivity index (χ4n) is 3.84. The smallest absolute Gasteiger partial charge is 0.263 e. The topological polar surface area (TPSA) is 55.2 Å². The largest absolute Gasteiger partial charge is 0.311 e. The van der Waals surface area contributed by atoms with Crippen LogP contribution < -0.4 is 10.5 Å². The molecule has 2 aromatic carbocycles. The van der Waals surface area contributed by atoms with Crippen molar-refractivity contribution in [2.24, 2.45) is 0 Å². The second kappa shape index (κ2) is 8.47. The van der Waals surface area contributed by atoms with E-state index in [9.17, 15) is 9.59 Å². The van der Waals surface area contributed by atoms with Crippen LogP contribution in [0, 0.1) is 20.8 Å². The molecule has 6 heteroatoms. The van der Waals surface area contributed by atoms with Crippen LogP contribution in [0.15, 0.2) is 59.7 Å². The molecule has 1 amide bonds. The second-order valence-corrected chi connectivity index (χ2v) is 8.87. The molecule has 0 saturated heterocycles. The lowest BCUT2D eigenvalue weighted by atomic mass is 9.99. The molecule has 0 atom stereocenters. The van der Waals surface area contributed by atoms with Crippen molar-refractivity contribution in [3.63, 3.8) is 0 Å². The zero-order valence-corrected chi connectivity index (χ0v) is 19.0. The molecule has 31 heavy (non-hydrogen) atoms. The molecule has 4 aromatic rings. The number of aryl methyl sites for hydroxylation is 3. The van der Waals surface area contributed by atoms with E-state index in [-0.39, 0.29) is 18.0 Å². The minimum atomic E-state index is -0.181. The van der Waals surface area contributed by atoms with Gasteiger partial charge in [0.05, 0.1) is 11.7 Å². The number of anilines is 1. The molecule has 158 valence electrons. The van der Waals surface area contributed by atoms with E-state index in [1.807, 2.05) is 50.2 Å². The average Bonchev–Trinajstić information content (AvgIpc) is 3.10. The predicted molar refractivity (Wildman–Crippen MR) is 128 cm³/mol. The summed E-state index contributed by atoms with van der Waals surface area (Å²) in [6.07, 6.45) is 1.49. The van der Waals surface area contributed by atoms with Crippen LogP contribution in [0.4, 0.5) is 5.69 Å². The number of nitrogens with zero attached hydrogens (tertiary/aromatic N) is 3. The van der Waals surface area contributed by atoms with Gasteiger partial charge in [0.2, 0.25) is 5.91 Å². The summed E-state index contributed by atoms with van der Waals surface area (Å²) < 4.78 is 1.42. The number of para-hydroxylation sites is 1. The van der Waals surface area contributed by atoms with E-state index in [1.54, 1.807) is 4.90 Å². The van der Waals surface area contributed by atoms with Gasteiger partial charge in [0.15, 0.2) is 0 Å². The number of thiophene rings is 1. The Labute approximate surface area is 185 Å². The quantitative estimate of drug-likeness (QED) is 0.442. The van der Waals surface area contributed by atoms with Crippen LogP contribution in [-0.4, -0.2) is 22.0 Å². The molecule has 0 spiro atoms. The number of carbonyl (C=O) groups excluding carboxylic acids is 1. The first-order valence-corrected chi connectivity index (χ1v) is 11.1. The van der Waals surface area contributed by atoms with Gasteiger partial charge in [-0.1, -0.05) is 36.4 Å². The Hall–Kier alpha value is -3.25. The molecule has 0 aliphatic heterocycles. The summed E-state index contributed by atoms with van der Waals surface area (Å²) in [4.78, 5) is 34.4. The van der Waals surface area contributed by atoms with Crippen molar-refractivity contribution in [3.05, 3.63) is 81.2 Å². The van der Waals surface area contributed by atoms with E-state index in [4.69, 9.17) is 0 Å². The maximum Gasteiger partial charge on any atom is 0.263 e. The maximum atomic E-state index is 13.4. The number of hydrogen-bond acceptors (Lipinski definition) is 4. The van der Waals surface area contributed by atoms with Crippen molar-refractivity contribution < 1.29 is 4.79 Å². The standard InChI is InChI=1S/C25H25N3O2S/c1-5-28(20-9-7-6-8-10-20)21(29)14-27-15-26-24-23(25(27)30)22(18(4)31-24)19-12-11-16(2)17(3)13-19/h6-13,15H,5,14H2,1-4H3. The van der Waals surface area contributed by atoms with Gasteiger partial charge < -0.3 is 4.90 Å². The highest BCUT2D eigenvalue weighted by Crippen LogP contribution is 2.36. The van der Waals surface area contributed by atoms with Gasteiger partial charge in [-0.2, -0.15) is 0 Å². The first-order chi connectivity index (χ1) is 14.9. The van der Waals surface area contributed by atoms with Gasteiger partial charge in [0, 0.05) is 22.7 Å². The lowest BCUT2D eigenvalue weighted by Gasteiger charge is -2.21. The van der Waals surface area contributed by atoms with Gasteiger partial charge in [-0.25, -0.2) is 4.98 Å². The molecular formula is C25H25N3O2S. The monoisotopic (exact) mass is 431 g/mol. The van der Waals surface area contributed by atoms with Crippen molar-refractivity contribution >= 4 is 33.1 Å². The van der Waals surface area contributed by atoms with Crippen molar-refractivity contribution in [3.8, 4) is 11.1 Å². The van der Waals surface area contributed by atoms with Gasteiger partial charge in [0.25, 0.3) is 5.56 Å². The van der Waals surface area contributed by atoms with E-state index >= 15 is 0 Å². The minimum Gasteiger partial charge on any atom is -0.311 e. The van der Waals surface area contributed by atoms with Crippen LogP contribution in [0.25, 0.3) is 21.3 Å². The number of benzene rings is 2. The lowest BCUT2D eigenvalue weighted by molar-refractivity contribution is -0.119. The van der Waals surface area contributed by atoms with Crippen molar-refractivity contribution in [1.29, 1.82) is 0 Å². The summed E-state index contributed by atoms with van der Waals surface area (Å²) >= 11 is 1.51. The predicted octanol–water partition coefficient (Wildman–Crippen LogP) is 5.10. The first-order valence-electron chi connectivity index (χ1n) is 10.3. The molecule has 4 rings (SSSR count). The second-order valence-electron chi connectivity index (χ2n) is 7.66. The average molecular weight is 432 g/mol. The summed E-state index contributed by atoms with van der Waals surface area (Å²) in [6.45, 7) is 8.56. The van der Waals surface area contributed by atoms with Crippen LogP contribution >= 0.6 is 11.3 Å². The zero-order valence-electron chi connectivity index (χ0n) is 18.2. The van der Waals surface area contributed by atoms with Crippen molar-refractivity contribution in [1.82, 2.24) is 9.55 Å². The number of rotatable bonds is 5. The normalized spacial score (nSPS) is 11.1. The minimum absolute atomic E-state index is 0.0498. The van der Waals surface area contributed by atoms with Crippen LogP contribution in [0.1, 0.15) is 22.9 Å². The molecular weight excluding hydrogens is 406 g/mol. The Bertz CT molecular complexity index is 1320. The highest BCUT2D eigenvalue weighted by molar-refractivity contribution is 7.19. The number of carbonyl (C=O) groups is 1. The Morgan fingerprint density at radius 3 is 2.48 bits per heavy atom. The van der Waals surface area contributed by atoms with Gasteiger partial charge in [0.1, 0.15) is 11.4 Å². The van der Waals surface area contributed by atoms with E-state index in [0.717, 1.165) is 21.7 Å². The first kappa shape index (κ1) is 21.0. The molecule has 0 saturated carbocycles. The number of amides is 1. The van der Waals surface area contributed by atoms with E-state index in [2.05, 4.69) is 31.0 Å². The van der Waals surface area contributed by atoms with E-state index in [1.165, 1.54) is 33.4 Å². The molecule has 0 radical (unpaired) electrons. The number of likely N-dealkylation sites (N-methyl/N-ethyl adjacent to an activating group) is 1. The summed E-state index contributed by atoms with van der Waals surface area (Å²) in [7, 11) is 0. The summed E-state index contributed by atoms with van der Waals surface area (Å²) in [5, 5.41) is 0.587. The van der Waals surface area contributed by atoms with Gasteiger partial charge in [-0.15, -0.1) is 11.3 Å². The molecule has 5 nitrogen and oxygen atoms in total. The van der Waals surface area contributed by atoms with E-state index in [0.29, 0.717) is 16.8 Å². The van der Waals surface area contributed by atoms with Crippen LogP contribution in [0.2, 0.25) is 0 Å². The molecule has 0 unspecified atom stereocenters. The Morgan fingerprint density at radius 2 is 1.81 bits per heavy atom. The van der Waals surface area contributed by atoms with Crippen LogP contribution in [0.5, 0.6) is 0 Å².